The number of aromatic nitrogens is 6. The first-order valence-corrected chi connectivity index (χ1v) is 6.73. The van der Waals surface area contributed by atoms with Crippen molar-refractivity contribution in [3.05, 3.63) is 46.0 Å². The molecular formula is C13H12N6O2. The second kappa shape index (κ2) is 4.65. The predicted molar refractivity (Wildman–Crippen MR) is 71.5 cm³/mol. The van der Waals surface area contributed by atoms with Crippen LogP contribution in [0.4, 0.5) is 0 Å². The maximum atomic E-state index is 11.1. The third-order valence-electron chi connectivity index (χ3n) is 3.67. The number of fused-ring (bicyclic) bond motifs is 1. The van der Waals surface area contributed by atoms with E-state index in [9.17, 15) is 4.79 Å². The smallest absolute Gasteiger partial charge is 0.247 e. The Balaban J connectivity index is 1.70. The predicted octanol–water partition coefficient (Wildman–Crippen LogP) is 1.01. The van der Waals surface area contributed by atoms with Crippen molar-refractivity contribution in [3.8, 4) is 11.4 Å². The van der Waals surface area contributed by atoms with Gasteiger partial charge in [0.2, 0.25) is 17.3 Å². The Morgan fingerprint density at radius 3 is 3.10 bits per heavy atom. The standard InChI is InChI=1S/C13H12N6O2/c20-10-5-4-7(6-14-10)12-15-13(21-18-12)8-2-1-3-9-11(8)17-19-16-9/h4-6,8H,1-3H2,(H,14,20)(H,16,17,19). The molecule has 1 aliphatic carbocycles. The van der Waals surface area contributed by atoms with Crippen molar-refractivity contribution in [1.82, 2.24) is 30.5 Å². The Hall–Kier alpha value is -2.77. The van der Waals surface area contributed by atoms with Crippen LogP contribution in [0.1, 0.15) is 36.0 Å². The van der Waals surface area contributed by atoms with Crippen LogP contribution in [0.15, 0.2) is 27.6 Å². The Morgan fingerprint density at radius 1 is 1.29 bits per heavy atom. The van der Waals surface area contributed by atoms with E-state index in [0.717, 1.165) is 30.7 Å². The fraction of sp³-hybridized carbons (Fsp3) is 0.308. The number of rotatable bonds is 2. The van der Waals surface area contributed by atoms with Crippen LogP contribution in [0.5, 0.6) is 0 Å². The van der Waals surface area contributed by atoms with E-state index in [-0.39, 0.29) is 11.5 Å². The summed E-state index contributed by atoms with van der Waals surface area (Å²) in [4.78, 5) is 18.1. The molecular weight excluding hydrogens is 272 g/mol. The quantitative estimate of drug-likeness (QED) is 0.726. The van der Waals surface area contributed by atoms with Crippen LogP contribution in [-0.2, 0) is 6.42 Å². The van der Waals surface area contributed by atoms with Gasteiger partial charge in [0.1, 0.15) is 0 Å². The molecule has 2 N–H and O–H groups in total. The summed E-state index contributed by atoms with van der Waals surface area (Å²) in [5.74, 6) is 0.972. The molecule has 0 fully saturated rings. The highest BCUT2D eigenvalue weighted by Gasteiger charge is 2.30. The maximum absolute atomic E-state index is 11.1. The molecule has 1 unspecified atom stereocenters. The fourth-order valence-corrected chi connectivity index (χ4v) is 2.62. The Labute approximate surface area is 118 Å². The second-order valence-electron chi connectivity index (χ2n) is 5.00. The zero-order chi connectivity index (χ0) is 14.2. The Morgan fingerprint density at radius 2 is 2.24 bits per heavy atom. The molecule has 3 heterocycles. The number of aromatic amines is 2. The minimum atomic E-state index is -0.165. The lowest BCUT2D eigenvalue weighted by molar-refractivity contribution is 0.352. The SMILES string of the molecule is O=c1ccc(-c2noc(C3CCCc4n[nH]nc43)n2)c[nH]1. The summed E-state index contributed by atoms with van der Waals surface area (Å²) in [5.41, 5.74) is 2.40. The van der Waals surface area contributed by atoms with E-state index in [0.29, 0.717) is 17.3 Å². The number of aryl methyl sites for hydroxylation is 1. The van der Waals surface area contributed by atoms with E-state index in [1.807, 2.05) is 0 Å². The molecule has 0 aromatic carbocycles. The molecule has 8 heteroatoms. The monoisotopic (exact) mass is 284 g/mol. The average molecular weight is 284 g/mol. The lowest BCUT2D eigenvalue weighted by atomic mass is 9.90. The van der Waals surface area contributed by atoms with Crippen molar-refractivity contribution in [2.75, 3.05) is 0 Å². The lowest BCUT2D eigenvalue weighted by Gasteiger charge is -2.15. The number of nitrogens with zero attached hydrogens (tertiary/aromatic N) is 4. The van der Waals surface area contributed by atoms with Crippen LogP contribution >= 0.6 is 0 Å². The van der Waals surface area contributed by atoms with Crippen LogP contribution < -0.4 is 5.56 Å². The molecule has 8 nitrogen and oxygen atoms in total. The summed E-state index contributed by atoms with van der Waals surface area (Å²) < 4.78 is 5.38. The van der Waals surface area contributed by atoms with Gasteiger partial charge >= 0.3 is 0 Å². The van der Waals surface area contributed by atoms with Gasteiger partial charge in [0.25, 0.3) is 0 Å². The molecule has 106 valence electrons. The van der Waals surface area contributed by atoms with Crippen LogP contribution in [0.3, 0.4) is 0 Å². The van der Waals surface area contributed by atoms with Gasteiger partial charge in [0, 0.05) is 17.8 Å². The van der Waals surface area contributed by atoms with Crippen LogP contribution in [0, 0.1) is 0 Å². The third kappa shape index (κ3) is 2.04. The van der Waals surface area contributed by atoms with E-state index >= 15 is 0 Å². The maximum Gasteiger partial charge on any atom is 0.247 e. The van der Waals surface area contributed by atoms with Crippen molar-refractivity contribution in [2.45, 2.75) is 25.2 Å². The second-order valence-corrected chi connectivity index (χ2v) is 5.00. The summed E-state index contributed by atoms with van der Waals surface area (Å²) >= 11 is 0. The zero-order valence-corrected chi connectivity index (χ0v) is 11.0. The highest BCUT2D eigenvalue weighted by atomic mass is 16.5. The molecule has 0 saturated carbocycles. The molecule has 0 amide bonds. The van der Waals surface area contributed by atoms with E-state index in [1.54, 1.807) is 12.3 Å². The minimum Gasteiger partial charge on any atom is -0.338 e. The van der Waals surface area contributed by atoms with Gasteiger partial charge in [0.15, 0.2) is 0 Å². The van der Waals surface area contributed by atoms with E-state index in [2.05, 4.69) is 30.5 Å². The first-order valence-electron chi connectivity index (χ1n) is 6.73. The molecule has 1 atom stereocenters. The normalized spacial score (nSPS) is 17.6. The van der Waals surface area contributed by atoms with Gasteiger partial charge in [-0.3, -0.25) is 4.79 Å². The first-order chi connectivity index (χ1) is 10.3. The molecule has 4 rings (SSSR count). The van der Waals surface area contributed by atoms with Crippen LogP contribution in [0.2, 0.25) is 0 Å². The van der Waals surface area contributed by atoms with Gasteiger partial charge in [-0.2, -0.15) is 20.4 Å². The molecule has 0 aliphatic heterocycles. The Kier molecular flexibility index (Phi) is 2.66. The molecule has 0 saturated heterocycles. The van der Waals surface area contributed by atoms with E-state index in [1.165, 1.54) is 6.07 Å². The highest BCUT2D eigenvalue weighted by molar-refractivity contribution is 5.52. The number of pyridine rings is 1. The summed E-state index contributed by atoms with van der Waals surface area (Å²) in [5, 5.41) is 15.0. The van der Waals surface area contributed by atoms with Crippen LogP contribution in [0.25, 0.3) is 11.4 Å². The van der Waals surface area contributed by atoms with Gasteiger partial charge < -0.3 is 9.51 Å². The van der Waals surface area contributed by atoms with E-state index < -0.39 is 0 Å². The van der Waals surface area contributed by atoms with Crippen molar-refractivity contribution in [1.29, 1.82) is 0 Å². The Bertz CT molecular complexity index is 813. The molecule has 0 spiro atoms. The third-order valence-corrected chi connectivity index (χ3v) is 3.67. The van der Waals surface area contributed by atoms with Gasteiger partial charge in [-0.15, -0.1) is 0 Å². The summed E-state index contributed by atoms with van der Waals surface area (Å²) in [6, 6.07) is 3.09. The molecule has 3 aromatic rings. The topological polar surface area (TPSA) is 113 Å². The van der Waals surface area contributed by atoms with E-state index in [4.69, 9.17) is 4.52 Å². The van der Waals surface area contributed by atoms with Gasteiger partial charge in [0.05, 0.1) is 17.3 Å². The molecule has 21 heavy (non-hydrogen) atoms. The van der Waals surface area contributed by atoms with Gasteiger partial charge in [-0.05, 0) is 25.3 Å². The molecule has 1 aliphatic rings. The summed E-state index contributed by atoms with van der Waals surface area (Å²) in [7, 11) is 0. The van der Waals surface area contributed by atoms with Crippen molar-refractivity contribution < 1.29 is 4.52 Å². The lowest BCUT2D eigenvalue weighted by Crippen LogP contribution is -2.11. The number of hydrogen-bond donors (Lipinski definition) is 2. The molecule has 0 radical (unpaired) electrons. The van der Waals surface area contributed by atoms with Crippen LogP contribution in [-0.4, -0.2) is 30.5 Å². The summed E-state index contributed by atoms with van der Waals surface area (Å²) in [6.07, 6.45) is 4.41. The largest absolute Gasteiger partial charge is 0.338 e. The molecule has 0 bridgehead atoms. The number of nitrogens with one attached hydrogen (secondary N) is 2. The van der Waals surface area contributed by atoms with Crippen molar-refractivity contribution in [2.24, 2.45) is 0 Å². The van der Waals surface area contributed by atoms with Gasteiger partial charge in [-0.1, -0.05) is 5.16 Å². The fourth-order valence-electron chi connectivity index (χ4n) is 2.62. The number of H-pyrrole nitrogens is 2. The zero-order valence-electron chi connectivity index (χ0n) is 11.0. The number of hydrogen-bond acceptors (Lipinski definition) is 6. The average Bonchev–Trinajstić information content (AvgIpc) is 3.16. The van der Waals surface area contributed by atoms with Crippen molar-refractivity contribution in [3.63, 3.8) is 0 Å². The van der Waals surface area contributed by atoms with Gasteiger partial charge in [-0.25, -0.2) is 0 Å². The summed E-state index contributed by atoms with van der Waals surface area (Å²) in [6.45, 7) is 0. The molecule has 3 aromatic heterocycles. The highest BCUT2D eigenvalue weighted by Crippen LogP contribution is 2.34. The minimum absolute atomic E-state index is 0.0171. The first kappa shape index (κ1) is 12.0. The van der Waals surface area contributed by atoms with Crippen molar-refractivity contribution >= 4 is 0 Å².